The Hall–Kier alpha value is -2.43. The van der Waals surface area contributed by atoms with Gasteiger partial charge >= 0.3 is 11.9 Å². The number of hydrogen-bond donors (Lipinski definition) is 0. The molecule has 1 aromatic carbocycles. The molecule has 0 unspecified atom stereocenters. The van der Waals surface area contributed by atoms with E-state index in [1.54, 1.807) is 12.1 Å². The third-order valence-electron chi connectivity index (χ3n) is 2.46. The Balaban J connectivity index is 3.12. The highest BCUT2D eigenvalue weighted by Gasteiger charge is 2.11. The lowest BCUT2D eigenvalue weighted by atomic mass is 10.0. The molecule has 0 atom stereocenters. The zero-order chi connectivity index (χ0) is 14.4. The molecule has 0 aromatic heterocycles. The fraction of sp³-hybridized carbons (Fsp3) is 0.214. The van der Waals surface area contributed by atoms with Gasteiger partial charge in [0.25, 0.3) is 0 Å². The second kappa shape index (κ2) is 6.49. The van der Waals surface area contributed by atoms with Crippen LogP contribution in [0.1, 0.15) is 22.8 Å². The predicted molar refractivity (Wildman–Crippen MR) is 68.5 cm³/mol. The number of carbonyl (C=O) groups excluding carboxylic acids is 3. The third-order valence-corrected chi connectivity index (χ3v) is 2.46. The van der Waals surface area contributed by atoms with E-state index in [9.17, 15) is 14.4 Å². The average molecular weight is 262 g/mol. The molecule has 0 N–H and O–H groups in total. The molecule has 1 aromatic rings. The van der Waals surface area contributed by atoms with E-state index in [0.717, 1.165) is 6.08 Å². The first kappa shape index (κ1) is 14.6. The second-order valence-corrected chi connectivity index (χ2v) is 3.71. The Morgan fingerprint density at radius 3 is 1.89 bits per heavy atom. The van der Waals surface area contributed by atoms with Crippen molar-refractivity contribution in [3.8, 4) is 0 Å². The van der Waals surface area contributed by atoms with Crippen molar-refractivity contribution >= 4 is 23.3 Å². The summed E-state index contributed by atoms with van der Waals surface area (Å²) in [4.78, 5) is 34.0. The van der Waals surface area contributed by atoms with Gasteiger partial charge in [0.05, 0.1) is 19.8 Å². The van der Waals surface area contributed by atoms with Gasteiger partial charge in [-0.05, 0) is 24.6 Å². The molecule has 0 saturated carbocycles. The number of Topliss-reactive ketones (excluding diaryl/α,β-unsaturated/α-hetero) is 1. The van der Waals surface area contributed by atoms with E-state index < -0.39 is 11.9 Å². The van der Waals surface area contributed by atoms with E-state index in [4.69, 9.17) is 0 Å². The number of methoxy groups -OCH3 is 2. The minimum atomic E-state index is -0.609. The molecule has 0 heterocycles. The molecule has 0 saturated heterocycles. The van der Waals surface area contributed by atoms with E-state index in [2.05, 4.69) is 9.47 Å². The van der Waals surface area contributed by atoms with Gasteiger partial charge in [0.15, 0.2) is 5.78 Å². The first-order chi connectivity index (χ1) is 8.99. The molecule has 0 aliphatic heterocycles. The third kappa shape index (κ3) is 3.77. The Kier molecular flexibility index (Phi) is 5.00. The maximum atomic E-state index is 11.5. The summed E-state index contributed by atoms with van der Waals surface area (Å²) in [5, 5.41) is 0. The standard InChI is InChI=1S/C14H14O5/c1-9(15)12(8-13(16)18-2)10-4-6-11(7-5-10)14(17)19-3/h4-8H,1-3H3. The number of benzene rings is 1. The Bertz CT molecular complexity index is 525. The fourth-order valence-corrected chi connectivity index (χ4v) is 1.47. The van der Waals surface area contributed by atoms with Gasteiger partial charge in [0.2, 0.25) is 0 Å². The minimum absolute atomic E-state index is 0.225. The molecule has 0 spiro atoms. The van der Waals surface area contributed by atoms with Gasteiger partial charge in [0.1, 0.15) is 0 Å². The highest BCUT2D eigenvalue weighted by atomic mass is 16.5. The SMILES string of the molecule is COC(=O)C=C(C(C)=O)c1ccc(C(=O)OC)cc1. The van der Waals surface area contributed by atoms with Crippen LogP contribution in [0.3, 0.4) is 0 Å². The zero-order valence-corrected chi connectivity index (χ0v) is 10.9. The number of ketones is 1. The first-order valence-corrected chi connectivity index (χ1v) is 5.49. The van der Waals surface area contributed by atoms with Gasteiger partial charge < -0.3 is 9.47 Å². The van der Waals surface area contributed by atoms with Crippen molar-refractivity contribution in [2.75, 3.05) is 14.2 Å². The summed E-state index contributed by atoms with van der Waals surface area (Å²) in [7, 11) is 2.52. The van der Waals surface area contributed by atoms with Gasteiger partial charge in [-0.2, -0.15) is 0 Å². The van der Waals surface area contributed by atoms with Crippen molar-refractivity contribution in [1.82, 2.24) is 0 Å². The summed E-state index contributed by atoms with van der Waals surface area (Å²) in [5.74, 6) is -1.34. The number of allylic oxidation sites excluding steroid dienone is 1. The first-order valence-electron chi connectivity index (χ1n) is 5.49. The number of rotatable bonds is 4. The van der Waals surface area contributed by atoms with E-state index in [0.29, 0.717) is 11.1 Å². The number of hydrogen-bond acceptors (Lipinski definition) is 5. The van der Waals surface area contributed by atoms with Crippen molar-refractivity contribution in [3.05, 3.63) is 41.5 Å². The Morgan fingerprint density at radius 1 is 0.947 bits per heavy atom. The van der Waals surface area contributed by atoms with Crippen LogP contribution in [0.5, 0.6) is 0 Å². The summed E-state index contributed by atoms with van der Waals surface area (Å²) in [6, 6.07) is 6.19. The number of carbonyl (C=O) groups is 3. The molecule has 0 radical (unpaired) electrons. The van der Waals surface area contributed by atoms with E-state index in [1.165, 1.54) is 33.3 Å². The van der Waals surface area contributed by atoms with Crippen molar-refractivity contribution in [2.24, 2.45) is 0 Å². The smallest absolute Gasteiger partial charge is 0.337 e. The van der Waals surface area contributed by atoms with Gasteiger partial charge in [-0.3, -0.25) is 4.79 Å². The summed E-state index contributed by atoms with van der Waals surface area (Å²) in [5.41, 5.74) is 1.13. The average Bonchev–Trinajstić information content (AvgIpc) is 2.43. The molecule has 1 rings (SSSR count). The monoisotopic (exact) mass is 262 g/mol. The highest BCUT2D eigenvalue weighted by molar-refractivity contribution is 6.23. The molecule has 100 valence electrons. The van der Waals surface area contributed by atoms with Crippen LogP contribution in [0.25, 0.3) is 5.57 Å². The topological polar surface area (TPSA) is 69.7 Å². The molecule has 0 aliphatic rings. The Labute approximate surface area is 110 Å². The summed E-state index contributed by atoms with van der Waals surface area (Å²) in [6.07, 6.45) is 1.12. The maximum absolute atomic E-state index is 11.5. The molecule has 0 bridgehead atoms. The van der Waals surface area contributed by atoms with Gasteiger partial charge in [-0.25, -0.2) is 9.59 Å². The van der Waals surface area contributed by atoms with E-state index in [-0.39, 0.29) is 11.4 Å². The molecular weight excluding hydrogens is 248 g/mol. The molecule has 0 amide bonds. The lowest BCUT2D eigenvalue weighted by molar-refractivity contribution is -0.135. The van der Waals surface area contributed by atoms with Crippen molar-refractivity contribution in [3.63, 3.8) is 0 Å². The van der Waals surface area contributed by atoms with Crippen LogP contribution < -0.4 is 0 Å². The lowest BCUT2D eigenvalue weighted by Gasteiger charge is -2.05. The van der Waals surface area contributed by atoms with Crippen LogP contribution in [0.15, 0.2) is 30.3 Å². The molecule has 0 fully saturated rings. The van der Waals surface area contributed by atoms with E-state index >= 15 is 0 Å². The molecule has 0 aliphatic carbocycles. The van der Waals surface area contributed by atoms with Gasteiger partial charge in [-0.1, -0.05) is 12.1 Å². The molecule has 5 nitrogen and oxygen atoms in total. The van der Waals surface area contributed by atoms with Crippen molar-refractivity contribution < 1.29 is 23.9 Å². The van der Waals surface area contributed by atoms with Gasteiger partial charge in [0, 0.05) is 11.6 Å². The maximum Gasteiger partial charge on any atom is 0.337 e. The number of esters is 2. The lowest BCUT2D eigenvalue weighted by Crippen LogP contribution is -2.04. The Morgan fingerprint density at radius 2 is 1.47 bits per heavy atom. The quantitative estimate of drug-likeness (QED) is 0.609. The van der Waals surface area contributed by atoms with Crippen LogP contribution in [0, 0.1) is 0 Å². The minimum Gasteiger partial charge on any atom is -0.466 e. The van der Waals surface area contributed by atoms with Crippen LogP contribution in [0.4, 0.5) is 0 Å². The summed E-state index contributed by atoms with van der Waals surface area (Å²) in [6.45, 7) is 1.35. The van der Waals surface area contributed by atoms with Crippen molar-refractivity contribution in [2.45, 2.75) is 6.92 Å². The predicted octanol–water partition coefficient (Wildman–Crippen LogP) is 1.62. The molecule has 19 heavy (non-hydrogen) atoms. The van der Waals surface area contributed by atoms with Crippen LogP contribution in [-0.4, -0.2) is 31.9 Å². The molecule has 5 heteroatoms. The van der Waals surface area contributed by atoms with Crippen LogP contribution >= 0.6 is 0 Å². The number of ether oxygens (including phenoxy) is 2. The largest absolute Gasteiger partial charge is 0.466 e. The second-order valence-electron chi connectivity index (χ2n) is 3.71. The van der Waals surface area contributed by atoms with Crippen LogP contribution in [-0.2, 0) is 19.1 Å². The summed E-state index contributed by atoms with van der Waals surface area (Å²) < 4.78 is 9.06. The van der Waals surface area contributed by atoms with E-state index in [1.807, 2.05) is 0 Å². The van der Waals surface area contributed by atoms with Crippen LogP contribution in [0.2, 0.25) is 0 Å². The van der Waals surface area contributed by atoms with Crippen molar-refractivity contribution in [1.29, 1.82) is 0 Å². The highest BCUT2D eigenvalue weighted by Crippen LogP contribution is 2.17. The normalized spacial score (nSPS) is 10.8. The fourth-order valence-electron chi connectivity index (χ4n) is 1.47. The molecular formula is C14H14O5. The summed E-state index contributed by atoms with van der Waals surface area (Å²) >= 11 is 0. The van der Waals surface area contributed by atoms with Gasteiger partial charge in [-0.15, -0.1) is 0 Å². The zero-order valence-electron chi connectivity index (χ0n) is 10.9.